The zero-order valence-corrected chi connectivity index (χ0v) is 24.6. The molecule has 0 radical (unpaired) electrons. The van der Waals surface area contributed by atoms with Crippen molar-refractivity contribution in [1.82, 2.24) is 0 Å². The Kier molecular flexibility index (Phi) is 8.61. The van der Waals surface area contributed by atoms with Gasteiger partial charge in [0.2, 0.25) is 0 Å². The van der Waals surface area contributed by atoms with Crippen LogP contribution in [0.1, 0.15) is 57.4 Å². The van der Waals surface area contributed by atoms with Gasteiger partial charge in [-0.15, -0.1) is 0 Å². The normalized spacial score (nSPS) is 16.6. The first-order chi connectivity index (χ1) is 19.5. The van der Waals surface area contributed by atoms with Crippen LogP contribution in [0.4, 0.5) is 5.69 Å². The number of methoxy groups -OCH3 is 2. The van der Waals surface area contributed by atoms with Crippen molar-refractivity contribution in [2.45, 2.75) is 46.1 Å². The fourth-order valence-electron chi connectivity index (χ4n) is 5.03. The quantitative estimate of drug-likeness (QED) is 0.184. The molecule has 1 aliphatic heterocycles. The lowest BCUT2D eigenvalue weighted by Crippen LogP contribution is -2.29. The average Bonchev–Trinajstić information content (AvgIpc) is 3.22. The van der Waals surface area contributed by atoms with Gasteiger partial charge < -0.3 is 24.1 Å². The minimum atomic E-state index is -0.948. The minimum Gasteiger partial charge on any atom is -0.507 e. The van der Waals surface area contributed by atoms with Gasteiger partial charge >= 0.3 is 0 Å². The molecule has 1 aliphatic rings. The molecule has 1 saturated heterocycles. The molecule has 4 rings (SSSR count). The third-order valence-electron chi connectivity index (χ3n) is 6.94. The standard InChI is InChI=1S/C33H37NO7/c1-8-40-23-12-10-11-22(19-23)34-29(20-13-16-26(38-6)27(18-20)39-7)28(31(36)32(34)37)30(35)21-14-15-25(41-9-2)24(17-21)33(3,4)5/h10-19,29,35H,8-9H2,1-7H3/b30-28+. The maximum absolute atomic E-state index is 13.7. The smallest absolute Gasteiger partial charge is 0.300 e. The molecule has 1 amide bonds. The summed E-state index contributed by atoms with van der Waals surface area (Å²) in [6.45, 7) is 10.8. The van der Waals surface area contributed by atoms with Crippen LogP contribution in [0.2, 0.25) is 0 Å². The summed E-state index contributed by atoms with van der Waals surface area (Å²) in [6.07, 6.45) is 0. The van der Waals surface area contributed by atoms with E-state index < -0.39 is 17.7 Å². The van der Waals surface area contributed by atoms with Crippen LogP contribution in [0.25, 0.3) is 5.76 Å². The van der Waals surface area contributed by atoms with Crippen LogP contribution in [0.3, 0.4) is 0 Å². The van der Waals surface area contributed by atoms with Gasteiger partial charge in [0.25, 0.3) is 11.7 Å². The highest BCUT2D eigenvalue weighted by Gasteiger charge is 2.47. The number of aliphatic hydroxyl groups excluding tert-OH is 1. The number of benzene rings is 3. The molecule has 216 valence electrons. The van der Waals surface area contributed by atoms with Gasteiger partial charge in [0.1, 0.15) is 17.3 Å². The molecule has 8 heteroatoms. The van der Waals surface area contributed by atoms with Crippen molar-refractivity contribution < 1.29 is 33.6 Å². The molecule has 1 N–H and O–H groups in total. The Bertz CT molecular complexity index is 1490. The zero-order valence-electron chi connectivity index (χ0n) is 24.6. The Hall–Kier alpha value is -4.46. The van der Waals surface area contributed by atoms with E-state index in [4.69, 9.17) is 18.9 Å². The van der Waals surface area contributed by atoms with E-state index in [-0.39, 0.29) is 16.7 Å². The Balaban J connectivity index is 1.98. The predicted molar refractivity (Wildman–Crippen MR) is 158 cm³/mol. The number of anilines is 1. The summed E-state index contributed by atoms with van der Waals surface area (Å²) in [5.74, 6) is 0.334. The third kappa shape index (κ3) is 5.73. The fraction of sp³-hybridized carbons (Fsp3) is 0.333. The molecule has 0 saturated carbocycles. The van der Waals surface area contributed by atoms with Gasteiger partial charge in [-0.05, 0) is 67.3 Å². The molecular formula is C33H37NO7. The van der Waals surface area contributed by atoms with E-state index in [1.54, 1.807) is 54.6 Å². The largest absolute Gasteiger partial charge is 0.507 e. The van der Waals surface area contributed by atoms with E-state index in [0.29, 0.717) is 53.0 Å². The topological polar surface area (TPSA) is 94.5 Å². The number of nitrogens with zero attached hydrogens (tertiary/aromatic N) is 1. The number of carbonyl (C=O) groups is 2. The van der Waals surface area contributed by atoms with E-state index in [0.717, 1.165) is 5.56 Å². The fourth-order valence-corrected chi connectivity index (χ4v) is 5.03. The summed E-state index contributed by atoms with van der Waals surface area (Å²) < 4.78 is 22.4. The molecule has 0 aliphatic carbocycles. The van der Waals surface area contributed by atoms with Crippen LogP contribution in [0.15, 0.2) is 66.2 Å². The van der Waals surface area contributed by atoms with E-state index >= 15 is 0 Å². The summed E-state index contributed by atoms with van der Waals surface area (Å²) in [7, 11) is 3.04. The van der Waals surface area contributed by atoms with Gasteiger partial charge in [0, 0.05) is 22.9 Å². The number of rotatable bonds is 9. The zero-order chi connectivity index (χ0) is 29.9. The van der Waals surface area contributed by atoms with Gasteiger partial charge in [0.15, 0.2) is 11.5 Å². The number of Topliss-reactive ketones (excluding diaryl/α,β-unsaturated/α-hetero) is 1. The SMILES string of the molecule is CCOc1cccc(N2C(=O)C(=O)/C(=C(/O)c3ccc(OCC)c(C(C)(C)C)c3)C2c2ccc(OC)c(OC)c2)c1. The highest BCUT2D eigenvalue weighted by atomic mass is 16.5. The average molecular weight is 560 g/mol. The van der Waals surface area contributed by atoms with Crippen LogP contribution >= 0.6 is 0 Å². The second kappa shape index (κ2) is 12.0. The molecular weight excluding hydrogens is 522 g/mol. The Morgan fingerprint density at radius 3 is 2.17 bits per heavy atom. The predicted octanol–water partition coefficient (Wildman–Crippen LogP) is 6.43. The van der Waals surface area contributed by atoms with E-state index in [1.807, 2.05) is 40.7 Å². The van der Waals surface area contributed by atoms with E-state index in [9.17, 15) is 14.7 Å². The molecule has 0 bridgehead atoms. The summed E-state index contributed by atoms with van der Waals surface area (Å²) in [4.78, 5) is 28.8. The molecule has 3 aromatic carbocycles. The lowest BCUT2D eigenvalue weighted by atomic mass is 9.84. The molecule has 1 heterocycles. The van der Waals surface area contributed by atoms with Crippen molar-refractivity contribution in [2.24, 2.45) is 0 Å². The van der Waals surface area contributed by atoms with Crippen molar-refractivity contribution in [3.05, 3.63) is 82.9 Å². The summed E-state index contributed by atoms with van der Waals surface area (Å²) >= 11 is 0. The number of carbonyl (C=O) groups excluding carboxylic acids is 2. The monoisotopic (exact) mass is 559 g/mol. The third-order valence-corrected chi connectivity index (χ3v) is 6.94. The lowest BCUT2D eigenvalue weighted by Gasteiger charge is -2.27. The Labute approximate surface area is 241 Å². The highest BCUT2D eigenvalue weighted by Crippen LogP contribution is 2.45. The highest BCUT2D eigenvalue weighted by molar-refractivity contribution is 6.51. The molecule has 0 spiro atoms. The van der Waals surface area contributed by atoms with Crippen molar-refractivity contribution in [3.8, 4) is 23.0 Å². The molecule has 0 aromatic heterocycles. The molecule has 3 aromatic rings. The van der Waals surface area contributed by atoms with Gasteiger partial charge in [-0.25, -0.2) is 0 Å². The Morgan fingerprint density at radius 2 is 1.54 bits per heavy atom. The number of ketones is 1. The summed E-state index contributed by atoms with van der Waals surface area (Å²) in [5.41, 5.74) is 1.95. The van der Waals surface area contributed by atoms with Crippen molar-refractivity contribution >= 4 is 23.1 Å². The second-order valence-electron chi connectivity index (χ2n) is 10.6. The first kappa shape index (κ1) is 29.5. The van der Waals surface area contributed by atoms with Crippen molar-refractivity contribution in [2.75, 3.05) is 32.3 Å². The van der Waals surface area contributed by atoms with Gasteiger partial charge in [-0.1, -0.05) is 32.9 Å². The minimum absolute atomic E-state index is 0.0342. The van der Waals surface area contributed by atoms with E-state index in [2.05, 4.69) is 0 Å². The molecule has 8 nitrogen and oxygen atoms in total. The van der Waals surface area contributed by atoms with E-state index in [1.165, 1.54) is 19.1 Å². The van der Waals surface area contributed by atoms with Gasteiger partial charge in [0.05, 0.1) is 39.0 Å². The molecule has 1 fully saturated rings. The van der Waals surface area contributed by atoms with Gasteiger partial charge in [-0.2, -0.15) is 0 Å². The van der Waals surface area contributed by atoms with Crippen LogP contribution in [-0.4, -0.2) is 44.2 Å². The number of ether oxygens (including phenoxy) is 4. The first-order valence-electron chi connectivity index (χ1n) is 13.6. The van der Waals surface area contributed by atoms with Gasteiger partial charge in [-0.3, -0.25) is 14.5 Å². The van der Waals surface area contributed by atoms with Crippen LogP contribution in [-0.2, 0) is 15.0 Å². The van der Waals surface area contributed by atoms with Crippen LogP contribution < -0.4 is 23.8 Å². The number of aliphatic hydroxyl groups is 1. The Morgan fingerprint density at radius 1 is 0.854 bits per heavy atom. The molecule has 1 atom stereocenters. The molecule has 1 unspecified atom stereocenters. The summed E-state index contributed by atoms with van der Waals surface area (Å²) in [5, 5.41) is 11.7. The maximum atomic E-state index is 13.7. The number of hydrogen-bond donors (Lipinski definition) is 1. The number of amides is 1. The second-order valence-corrected chi connectivity index (χ2v) is 10.6. The maximum Gasteiger partial charge on any atom is 0.300 e. The lowest BCUT2D eigenvalue weighted by molar-refractivity contribution is -0.132. The van der Waals surface area contributed by atoms with Crippen LogP contribution in [0.5, 0.6) is 23.0 Å². The van der Waals surface area contributed by atoms with Crippen LogP contribution in [0, 0.1) is 0 Å². The molecule has 41 heavy (non-hydrogen) atoms. The number of hydrogen-bond acceptors (Lipinski definition) is 7. The first-order valence-corrected chi connectivity index (χ1v) is 13.6. The summed E-state index contributed by atoms with van der Waals surface area (Å²) in [6, 6.07) is 16.5. The van der Waals surface area contributed by atoms with Crippen molar-refractivity contribution in [3.63, 3.8) is 0 Å². The van der Waals surface area contributed by atoms with Crippen molar-refractivity contribution in [1.29, 1.82) is 0 Å².